The molecule has 5 rings (SSSR count). The largest absolute Gasteiger partial charge is 0.453 e. The number of para-hydroxylation sites is 1. The molecular weight excluding hydrogens is 402 g/mol. The van der Waals surface area contributed by atoms with E-state index in [-0.39, 0.29) is 18.2 Å². The van der Waals surface area contributed by atoms with E-state index in [1.54, 1.807) is 0 Å². The standard InChI is InChI=1S/C22H19N3O4S/c26-19-10-12-22(25(19)17-8-4-5-9-18(17)30-22)21(28)29-14-20(27)24-13-11-16(23-24)15-6-2-1-3-7-15/h1-9H,10-14H2/t22-/m1/s1. The molecule has 8 heteroatoms. The molecule has 1 saturated heterocycles. The Balaban J connectivity index is 1.27. The van der Waals surface area contributed by atoms with Gasteiger partial charge in [0.2, 0.25) is 5.91 Å². The van der Waals surface area contributed by atoms with Crippen LogP contribution in [0.2, 0.25) is 0 Å². The van der Waals surface area contributed by atoms with Crippen LogP contribution in [0, 0.1) is 0 Å². The van der Waals surface area contributed by atoms with Gasteiger partial charge >= 0.3 is 5.97 Å². The molecule has 1 atom stereocenters. The van der Waals surface area contributed by atoms with E-state index in [1.807, 2.05) is 54.6 Å². The van der Waals surface area contributed by atoms with E-state index in [0.717, 1.165) is 21.9 Å². The molecule has 2 aromatic carbocycles. The Morgan fingerprint density at radius 3 is 2.67 bits per heavy atom. The van der Waals surface area contributed by atoms with Gasteiger partial charge in [-0.25, -0.2) is 9.80 Å². The molecule has 3 aliphatic heterocycles. The van der Waals surface area contributed by atoms with Crippen LogP contribution in [-0.2, 0) is 19.1 Å². The van der Waals surface area contributed by atoms with Gasteiger partial charge in [-0.05, 0) is 17.7 Å². The number of esters is 1. The summed E-state index contributed by atoms with van der Waals surface area (Å²) in [5, 5.41) is 5.73. The number of carbonyl (C=O) groups excluding carboxylic acids is 3. The average Bonchev–Trinajstić information content (AvgIpc) is 3.47. The van der Waals surface area contributed by atoms with Crippen molar-refractivity contribution in [2.45, 2.75) is 29.0 Å². The third kappa shape index (κ3) is 2.99. The fraction of sp³-hybridized carbons (Fsp3) is 0.273. The van der Waals surface area contributed by atoms with E-state index in [0.29, 0.717) is 19.4 Å². The van der Waals surface area contributed by atoms with E-state index < -0.39 is 17.4 Å². The summed E-state index contributed by atoms with van der Waals surface area (Å²) in [5.41, 5.74) is 2.54. The van der Waals surface area contributed by atoms with E-state index in [9.17, 15) is 14.4 Å². The van der Waals surface area contributed by atoms with Crippen LogP contribution >= 0.6 is 11.8 Å². The van der Waals surface area contributed by atoms with Crippen LogP contribution in [0.3, 0.4) is 0 Å². The summed E-state index contributed by atoms with van der Waals surface area (Å²) in [6.07, 6.45) is 1.29. The van der Waals surface area contributed by atoms with Crippen molar-refractivity contribution in [2.24, 2.45) is 5.10 Å². The van der Waals surface area contributed by atoms with E-state index >= 15 is 0 Å². The van der Waals surface area contributed by atoms with Crippen molar-refractivity contribution in [1.29, 1.82) is 0 Å². The molecule has 7 nitrogen and oxygen atoms in total. The lowest BCUT2D eigenvalue weighted by atomic mass is 10.1. The summed E-state index contributed by atoms with van der Waals surface area (Å²) in [6, 6.07) is 17.1. The number of ether oxygens (including phenoxy) is 1. The Hall–Kier alpha value is -3.13. The SMILES string of the molecule is O=C(COC(=O)[C@]12CCC(=O)N1c1ccccc1S2)N1CCC(c2ccccc2)=N1. The van der Waals surface area contributed by atoms with Gasteiger partial charge in [0.1, 0.15) is 0 Å². The first kappa shape index (κ1) is 18.9. The molecule has 152 valence electrons. The zero-order valence-corrected chi connectivity index (χ0v) is 16.9. The number of hydrogen-bond acceptors (Lipinski definition) is 6. The smallest absolute Gasteiger partial charge is 0.344 e. The normalized spacial score (nSPS) is 22.0. The van der Waals surface area contributed by atoms with Crippen molar-refractivity contribution in [3.63, 3.8) is 0 Å². The highest BCUT2D eigenvalue weighted by atomic mass is 32.2. The monoisotopic (exact) mass is 421 g/mol. The molecule has 0 bridgehead atoms. The maximum Gasteiger partial charge on any atom is 0.344 e. The van der Waals surface area contributed by atoms with Crippen molar-refractivity contribution < 1.29 is 19.1 Å². The molecule has 1 fully saturated rings. The van der Waals surface area contributed by atoms with Gasteiger partial charge in [-0.3, -0.25) is 14.5 Å². The first-order chi connectivity index (χ1) is 14.6. The van der Waals surface area contributed by atoms with Crippen molar-refractivity contribution in [3.05, 3.63) is 60.2 Å². The summed E-state index contributed by atoms with van der Waals surface area (Å²) in [7, 11) is 0. The molecule has 0 unspecified atom stereocenters. The number of hydrazone groups is 1. The second-order valence-electron chi connectivity index (χ2n) is 7.34. The maximum atomic E-state index is 13.0. The number of fused-ring (bicyclic) bond motifs is 3. The number of benzene rings is 2. The molecule has 0 aliphatic carbocycles. The highest BCUT2D eigenvalue weighted by molar-refractivity contribution is 8.02. The third-order valence-electron chi connectivity index (χ3n) is 5.52. The highest BCUT2D eigenvalue weighted by Crippen LogP contribution is 2.56. The minimum atomic E-state index is -1.12. The minimum Gasteiger partial charge on any atom is -0.453 e. The Kier molecular flexibility index (Phi) is 4.58. The molecule has 3 heterocycles. The van der Waals surface area contributed by atoms with Gasteiger partial charge in [0.25, 0.3) is 5.91 Å². The lowest BCUT2D eigenvalue weighted by Crippen LogP contribution is -2.48. The van der Waals surface area contributed by atoms with Crippen molar-refractivity contribution in [2.75, 3.05) is 18.1 Å². The Bertz CT molecular complexity index is 1070. The molecular formula is C22H19N3O4S. The van der Waals surface area contributed by atoms with Crippen LogP contribution in [-0.4, -0.2) is 46.5 Å². The summed E-state index contributed by atoms with van der Waals surface area (Å²) in [4.78, 5) is 39.3. The zero-order valence-electron chi connectivity index (χ0n) is 16.1. The predicted molar refractivity (Wildman–Crippen MR) is 112 cm³/mol. The average molecular weight is 421 g/mol. The van der Waals surface area contributed by atoms with Crippen molar-refractivity contribution >= 4 is 40.9 Å². The number of amides is 2. The molecule has 0 radical (unpaired) electrons. The molecule has 3 aliphatic rings. The maximum absolute atomic E-state index is 13.0. The first-order valence-electron chi connectivity index (χ1n) is 9.80. The number of nitrogens with zero attached hydrogens (tertiary/aromatic N) is 3. The van der Waals surface area contributed by atoms with Crippen LogP contribution in [0.1, 0.15) is 24.8 Å². The summed E-state index contributed by atoms with van der Waals surface area (Å²) >= 11 is 1.33. The molecule has 0 N–H and O–H groups in total. The minimum absolute atomic E-state index is 0.104. The van der Waals surface area contributed by atoms with Crippen LogP contribution in [0.15, 0.2) is 64.6 Å². The topological polar surface area (TPSA) is 79.3 Å². The lowest BCUT2D eigenvalue weighted by Gasteiger charge is -2.28. The van der Waals surface area contributed by atoms with Crippen molar-refractivity contribution in [3.8, 4) is 0 Å². The number of thioether (sulfide) groups is 1. The Labute approximate surface area is 177 Å². The molecule has 2 aromatic rings. The molecule has 2 amide bonds. The zero-order chi connectivity index (χ0) is 20.7. The van der Waals surface area contributed by atoms with E-state index in [2.05, 4.69) is 5.10 Å². The van der Waals surface area contributed by atoms with Gasteiger partial charge in [0, 0.05) is 24.2 Å². The van der Waals surface area contributed by atoms with E-state index in [1.165, 1.54) is 21.7 Å². The quantitative estimate of drug-likeness (QED) is 0.710. The van der Waals surface area contributed by atoms with Crippen molar-refractivity contribution in [1.82, 2.24) is 5.01 Å². The van der Waals surface area contributed by atoms with Gasteiger partial charge < -0.3 is 4.74 Å². The number of hydrogen-bond donors (Lipinski definition) is 0. The highest BCUT2D eigenvalue weighted by Gasteiger charge is 2.58. The van der Waals surface area contributed by atoms with Gasteiger partial charge in [-0.1, -0.05) is 54.2 Å². The van der Waals surface area contributed by atoms with Crippen LogP contribution in [0.5, 0.6) is 0 Å². The molecule has 0 aromatic heterocycles. The summed E-state index contributed by atoms with van der Waals surface area (Å²) in [6.45, 7) is 0.0572. The first-order valence-corrected chi connectivity index (χ1v) is 10.6. The number of carbonyl (C=O) groups is 3. The Morgan fingerprint density at radius 1 is 1.07 bits per heavy atom. The fourth-order valence-electron chi connectivity index (χ4n) is 4.06. The summed E-state index contributed by atoms with van der Waals surface area (Å²) in [5.74, 6) is -1.04. The second kappa shape index (κ2) is 7.28. The number of rotatable bonds is 4. The van der Waals surface area contributed by atoms with Gasteiger partial charge in [-0.15, -0.1) is 0 Å². The van der Waals surface area contributed by atoms with Crippen LogP contribution in [0.25, 0.3) is 0 Å². The van der Waals surface area contributed by atoms with Crippen LogP contribution < -0.4 is 4.90 Å². The fourth-order valence-corrected chi connectivity index (χ4v) is 5.47. The Morgan fingerprint density at radius 2 is 1.83 bits per heavy atom. The summed E-state index contributed by atoms with van der Waals surface area (Å²) < 4.78 is 5.41. The van der Waals surface area contributed by atoms with Gasteiger partial charge in [0.05, 0.1) is 17.9 Å². The number of anilines is 1. The van der Waals surface area contributed by atoms with Crippen LogP contribution in [0.4, 0.5) is 5.69 Å². The predicted octanol–water partition coefficient (Wildman–Crippen LogP) is 2.80. The van der Waals surface area contributed by atoms with E-state index in [4.69, 9.17) is 4.74 Å². The second-order valence-corrected chi connectivity index (χ2v) is 8.66. The van der Waals surface area contributed by atoms with Gasteiger partial charge in [0.15, 0.2) is 11.5 Å². The molecule has 0 spiro atoms. The molecule has 0 saturated carbocycles. The lowest BCUT2D eigenvalue weighted by molar-refractivity contribution is -0.153. The third-order valence-corrected chi connectivity index (χ3v) is 6.97. The molecule has 30 heavy (non-hydrogen) atoms. The van der Waals surface area contributed by atoms with Gasteiger partial charge in [-0.2, -0.15) is 5.10 Å².